The molecule has 0 aromatic carbocycles. The standard InChI is InChI=1S/BF9Si3/c2-1(3)11(4,5)13(9,10)12(6,7)8. The van der Waals surface area contributed by atoms with Crippen LogP contribution in [0.25, 0.3) is 0 Å². The van der Waals surface area contributed by atoms with E-state index in [1.807, 2.05) is 0 Å². The van der Waals surface area contributed by atoms with Crippen LogP contribution >= 0.6 is 0 Å². The monoisotopic (exact) mass is 266 g/mol. The Balaban J connectivity index is 5.04. The van der Waals surface area contributed by atoms with Gasteiger partial charge in [-0.15, -0.1) is 0 Å². The molecule has 78 valence electrons. The first kappa shape index (κ1) is 13.1. The predicted octanol–water partition coefficient (Wildman–Crippen LogP) is 2.26. The van der Waals surface area contributed by atoms with E-state index >= 15 is 0 Å². The first-order valence-electron chi connectivity index (χ1n) is 2.55. The number of hydrogen-bond acceptors (Lipinski definition) is 0. The van der Waals surface area contributed by atoms with E-state index < -0.39 is 31.4 Å². The number of halogens is 9. The van der Waals surface area contributed by atoms with Crippen molar-refractivity contribution in [1.29, 1.82) is 0 Å². The Labute approximate surface area is 69.7 Å². The van der Waals surface area contributed by atoms with Gasteiger partial charge >= 0.3 is 31.4 Å². The van der Waals surface area contributed by atoms with Gasteiger partial charge in [-0.2, -0.15) is 0 Å². The van der Waals surface area contributed by atoms with E-state index in [1.165, 1.54) is 0 Å². The summed E-state index contributed by atoms with van der Waals surface area (Å²) >= 11 is 0. The summed E-state index contributed by atoms with van der Waals surface area (Å²) in [6, 6.07) is 0. The van der Waals surface area contributed by atoms with E-state index in [2.05, 4.69) is 0 Å². The van der Waals surface area contributed by atoms with Crippen molar-refractivity contribution in [1.82, 2.24) is 0 Å². The Bertz CT molecular complexity index is 180. The highest BCUT2D eigenvalue weighted by Gasteiger charge is 2.89. The molecule has 0 N–H and O–H groups in total. The van der Waals surface area contributed by atoms with Crippen LogP contribution in [-0.2, 0) is 0 Å². The molecular formula is BF9Si3. The summed E-state index contributed by atoms with van der Waals surface area (Å²) in [5, 5.41) is 0. The third kappa shape index (κ3) is 2.12. The lowest BCUT2D eigenvalue weighted by Crippen LogP contribution is -2.69. The second-order valence-corrected chi connectivity index (χ2v) is 14.8. The van der Waals surface area contributed by atoms with Crippen LogP contribution in [0.1, 0.15) is 0 Å². The highest BCUT2D eigenvalue weighted by Crippen LogP contribution is 2.37. The van der Waals surface area contributed by atoms with Gasteiger partial charge in [0.15, 0.2) is 0 Å². The van der Waals surface area contributed by atoms with E-state index in [9.17, 15) is 37.4 Å². The van der Waals surface area contributed by atoms with Crippen molar-refractivity contribution in [2.75, 3.05) is 0 Å². The zero-order valence-corrected chi connectivity index (χ0v) is 8.48. The van der Waals surface area contributed by atoms with Crippen LogP contribution in [0.4, 0.5) is 37.4 Å². The molecule has 0 rings (SSSR count). The molecule has 0 saturated heterocycles. The molecule has 13 heteroatoms. The van der Waals surface area contributed by atoms with Crippen molar-refractivity contribution in [3.05, 3.63) is 0 Å². The molecule has 0 aliphatic carbocycles. The second-order valence-electron chi connectivity index (χ2n) is 2.00. The quantitative estimate of drug-likeness (QED) is 0.417. The minimum absolute atomic E-state index is 4.84. The third-order valence-corrected chi connectivity index (χ3v) is 14.0. The van der Waals surface area contributed by atoms with Crippen molar-refractivity contribution >= 4 is 31.4 Å². The van der Waals surface area contributed by atoms with Crippen molar-refractivity contribution in [3.8, 4) is 0 Å². The van der Waals surface area contributed by atoms with Crippen LogP contribution in [0.3, 0.4) is 0 Å². The SMILES string of the molecule is FB(F)[Si](F)(F)[Si](F)(F)[Si](F)(F)F. The molecular weight excluding hydrogens is 266 g/mol. The Morgan fingerprint density at radius 2 is 1.00 bits per heavy atom. The van der Waals surface area contributed by atoms with Crippen molar-refractivity contribution in [2.24, 2.45) is 0 Å². The van der Waals surface area contributed by atoms with E-state index in [0.29, 0.717) is 0 Å². The topological polar surface area (TPSA) is 0 Å². The van der Waals surface area contributed by atoms with E-state index in [4.69, 9.17) is 0 Å². The van der Waals surface area contributed by atoms with Gasteiger partial charge in [0.25, 0.3) is 0 Å². The molecule has 0 atom stereocenters. The molecule has 13 heavy (non-hydrogen) atoms. The van der Waals surface area contributed by atoms with Crippen molar-refractivity contribution in [2.45, 2.75) is 0 Å². The van der Waals surface area contributed by atoms with E-state index in [-0.39, 0.29) is 0 Å². The number of rotatable bonds is 3. The minimum Gasteiger partial charge on any atom is -0.283 e. The highest BCUT2D eigenvalue weighted by atomic mass is 29.7. The molecule has 0 spiro atoms. The maximum absolute atomic E-state index is 11.9. The van der Waals surface area contributed by atoms with Crippen LogP contribution < -0.4 is 0 Å². The van der Waals surface area contributed by atoms with Gasteiger partial charge in [0.2, 0.25) is 0 Å². The summed E-state index contributed by atoms with van der Waals surface area (Å²) < 4.78 is 104. The molecule has 0 unspecified atom stereocenters. The highest BCUT2D eigenvalue weighted by molar-refractivity contribution is 7.70. The van der Waals surface area contributed by atoms with Crippen LogP contribution in [0, 0.1) is 0 Å². The van der Waals surface area contributed by atoms with Gasteiger partial charge in [-0.1, -0.05) is 0 Å². The zero-order valence-electron chi connectivity index (χ0n) is 5.48. The fourth-order valence-electron chi connectivity index (χ4n) is 0.326. The average molecular weight is 266 g/mol. The average Bonchev–Trinajstić information content (AvgIpc) is 1.84. The van der Waals surface area contributed by atoms with Crippen molar-refractivity contribution < 1.29 is 37.4 Å². The predicted molar refractivity (Wildman–Crippen MR) is 33.0 cm³/mol. The maximum atomic E-state index is 11.9. The Morgan fingerprint density at radius 3 is 1.08 bits per heavy atom. The first-order valence-corrected chi connectivity index (χ1v) is 9.77. The van der Waals surface area contributed by atoms with Gasteiger partial charge < -0.3 is 0 Å². The summed E-state index contributed by atoms with van der Waals surface area (Å²) in [6.45, 7) is -4.84. The molecule has 0 nitrogen and oxygen atoms in total. The molecule has 0 aliphatic rings. The number of hydrogen-bond donors (Lipinski definition) is 0. The molecule has 0 amide bonds. The smallest absolute Gasteiger partial charge is 0.283 e. The van der Waals surface area contributed by atoms with Gasteiger partial charge in [-0.25, -0.2) is 12.3 Å². The molecule has 0 aromatic rings. The lowest BCUT2D eigenvalue weighted by molar-refractivity contribution is 0.466. The van der Waals surface area contributed by atoms with E-state index in [0.717, 1.165) is 0 Å². The third-order valence-electron chi connectivity index (χ3n) is 1.05. The lowest BCUT2D eigenvalue weighted by Gasteiger charge is -2.18. The largest absolute Gasteiger partial charge is 0.663 e. The first-order chi connectivity index (χ1) is 5.44. The van der Waals surface area contributed by atoms with Crippen LogP contribution in [-0.4, -0.2) is 31.4 Å². The molecule has 0 saturated carbocycles. The zero-order chi connectivity index (χ0) is 11.1. The summed E-state index contributed by atoms with van der Waals surface area (Å²) in [5.41, 5.74) is 0. The second kappa shape index (κ2) is 3.34. The van der Waals surface area contributed by atoms with Gasteiger partial charge in [-0.3, -0.25) is 25.1 Å². The maximum Gasteiger partial charge on any atom is 0.663 e. The van der Waals surface area contributed by atoms with Crippen LogP contribution in [0.5, 0.6) is 0 Å². The Kier molecular flexibility index (Phi) is 3.36. The molecule has 0 fully saturated rings. The Hall–Kier alpha value is 0.0856. The minimum atomic E-state index is -8.00. The molecule has 0 aliphatic heterocycles. The van der Waals surface area contributed by atoms with E-state index in [1.54, 1.807) is 0 Å². The van der Waals surface area contributed by atoms with Gasteiger partial charge in [0, 0.05) is 0 Å². The fourth-order valence-corrected chi connectivity index (χ4v) is 7.32. The summed E-state index contributed by atoms with van der Waals surface area (Å²) in [4.78, 5) is 0. The van der Waals surface area contributed by atoms with Crippen molar-refractivity contribution in [3.63, 3.8) is 0 Å². The van der Waals surface area contributed by atoms with Gasteiger partial charge in [0.05, 0.1) is 0 Å². The summed E-state index contributed by atoms with van der Waals surface area (Å²) in [6.07, 6.45) is 0. The molecule has 0 bridgehead atoms. The molecule has 0 aromatic heterocycles. The summed E-state index contributed by atoms with van der Waals surface area (Å²) in [7, 11) is -23.7. The van der Waals surface area contributed by atoms with Gasteiger partial charge in [-0.05, 0) is 0 Å². The lowest BCUT2D eigenvalue weighted by atomic mass is 10.5. The van der Waals surface area contributed by atoms with Crippen LogP contribution in [0.15, 0.2) is 0 Å². The summed E-state index contributed by atoms with van der Waals surface area (Å²) in [5.74, 6) is 0. The normalized spacial score (nSPS) is 14.5. The Morgan fingerprint density at radius 1 is 0.692 bits per heavy atom. The van der Waals surface area contributed by atoms with Gasteiger partial charge in [0.1, 0.15) is 0 Å². The molecule has 0 heterocycles. The van der Waals surface area contributed by atoms with Crippen LogP contribution in [0.2, 0.25) is 0 Å². The fraction of sp³-hybridized carbons (Fsp3) is 0. The molecule has 0 radical (unpaired) electrons.